The summed E-state index contributed by atoms with van der Waals surface area (Å²) in [6.07, 6.45) is 0. The molecule has 0 atom stereocenters. The molecule has 0 saturated heterocycles. The van der Waals surface area contributed by atoms with E-state index in [1.54, 1.807) is 0 Å². The van der Waals surface area contributed by atoms with E-state index in [1.165, 1.54) is 71.9 Å². The van der Waals surface area contributed by atoms with Crippen LogP contribution in [0.15, 0.2) is 197 Å². The Kier molecular flexibility index (Phi) is 6.78. The molecule has 0 aliphatic heterocycles. The molecule has 0 unspecified atom stereocenters. The summed E-state index contributed by atoms with van der Waals surface area (Å²) < 4.78 is 14.9. The van der Waals surface area contributed by atoms with Crippen molar-refractivity contribution in [1.82, 2.24) is 4.57 Å². The normalized spacial score (nSPS) is 13.3. The maximum atomic E-state index is 6.25. The molecule has 0 bridgehead atoms. The van der Waals surface area contributed by atoms with Gasteiger partial charge in [0.2, 0.25) is 0 Å². The fourth-order valence-electron chi connectivity index (χ4n) is 10.3. The highest BCUT2D eigenvalue weighted by molar-refractivity contribution is 6.14. The van der Waals surface area contributed by atoms with E-state index in [0.717, 1.165) is 55.1 Å². The van der Waals surface area contributed by atoms with Gasteiger partial charge in [0.25, 0.3) is 0 Å². The number of para-hydroxylation sites is 2. The molecule has 0 fully saturated rings. The molecule has 60 heavy (non-hydrogen) atoms. The standard InChI is InChI=1S/C57H37NO2/c1-57(2)48-14-6-3-10-41(48)44-30-35(20-26-49(44)57)36-21-27-50-45(31-36)46-32-37(38-23-29-54-47(33-38)42-11-4-7-15-52(42)59-54)22-28-51(46)58(50)39-24-18-34(19-25-39)40-13-9-17-55-56(40)43-12-5-8-16-53(43)60-55/h3-33H,1-2H3. The number of fused-ring (bicyclic) bond motifs is 12. The first-order chi connectivity index (χ1) is 29.5. The summed E-state index contributed by atoms with van der Waals surface area (Å²) >= 11 is 0. The molecule has 0 spiro atoms. The molecule has 3 aromatic heterocycles. The van der Waals surface area contributed by atoms with Crippen molar-refractivity contribution in [3.05, 3.63) is 199 Å². The van der Waals surface area contributed by atoms with Crippen LogP contribution < -0.4 is 0 Å². The van der Waals surface area contributed by atoms with E-state index in [1.807, 2.05) is 24.3 Å². The summed E-state index contributed by atoms with van der Waals surface area (Å²) in [4.78, 5) is 0. The molecule has 282 valence electrons. The number of aromatic nitrogens is 1. The van der Waals surface area contributed by atoms with Crippen molar-refractivity contribution in [2.45, 2.75) is 19.3 Å². The SMILES string of the molecule is CC1(C)c2ccccc2-c2cc(-c3ccc4c(c3)c3cc(-c5ccc6oc7ccccc7c6c5)ccc3n4-c3ccc(-c4cccc5oc6ccccc6c45)cc3)ccc21. The van der Waals surface area contributed by atoms with Gasteiger partial charge in [-0.15, -0.1) is 0 Å². The summed E-state index contributed by atoms with van der Waals surface area (Å²) in [6, 6.07) is 68.4. The van der Waals surface area contributed by atoms with E-state index in [-0.39, 0.29) is 5.41 Å². The minimum Gasteiger partial charge on any atom is -0.456 e. The zero-order valence-corrected chi connectivity index (χ0v) is 33.2. The molecular formula is C57H37NO2. The maximum absolute atomic E-state index is 6.25. The Balaban J connectivity index is 0.990. The van der Waals surface area contributed by atoms with E-state index in [4.69, 9.17) is 8.83 Å². The van der Waals surface area contributed by atoms with Gasteiger partial charge in [0.05, 0.1) is 11.0 Å². The van der Waals surface area contributed by atoms with Crippen LogP contribution in [-0.4, -0.2) is 4.57 Å². The van der Waals surface area contributed by atoms with Gasteiger partial charge in [-0.2, -0.15) is 0 Å². The quantitative estimate of drug-likeness (QED) is 0.179. The molecule has 1 aliphatic rings. The third-order valence-corrected chi connectivity index (χ3v) is 13.2. The lowest BCUT2D eigenvalue weighted by atomic mass is 9.82. The minimum atomic E-state index is -0.0294. The molecule has 12 aromatic rings. The second kappa shape index (κ2) is 12.2. The summed E-state index contributed by atoms with van der Waals surface area (Å²) in [5.41, 5.74) is 19.6. The summed E-state index contributed by atoms with van der Waals surface area (Å²) in [7, 11) is 0. The third kappa shape index (κ3) is 4.72. The number of furan rings is 2. The molecular weight excluding hydrogens is 731 g/mol. The van der Waals surface area contributed by atoms with Crippen LogP contribution in [0.4, 0.5) is 0 Å². The molecule has 13 rings (SSSR count). The van der Waals surface area contributed by atoms with Crippen LogP contribution in [-0.2, 0) is 5.41 Å². The average Bonchev–Trinajstić information content (AvgIpc) is 4.02. The highest BCUT2D eigenvalue weighted by atomic mass is 16.3. The van der Waals surface area contributed by atoms with Crippen LogP contribution >= 0.6 is 0 Å². The molecule has 9 aromatic carbocycles. The second-order valence-corrected chi connectivity index (χ2v) is 16.9. The molecule has 0 amide bonds. The lowest BCUT2D eigenvalue weighted by Gasteiger charge is -2.21. The van der Waals surface area contributed by atoms with Crippen LogP contribution in [0.1, 0.15) is 25.0 Å². The summed E-state index contributed by atoms with van der Waals surface area (Å²) in [5, 5.41) is 6.99. The summed E-state index contributed by atoms with van der Waals surface area (Å²) in [5.74, 6) is 0. The van der Waals surface area contributed by atoms with Crippen molar-refractivity contribution < 1.29 is 8.83 Å². The fraction of sp³-hybridized carbons (Fsp3) is 0.0526. The zero-order valence-electron chi connectivity index (χ0n) is 33.2. The van der Waals surface area contributed by atoms with Crippen molar-refractivity contribution in [2.75, 3.05) is 0 Å². The highest BCUT2D eigenvalue weighted by Crippen LogP contribution is 2.50. The minimum absolute atomic E-state index is 0.0294. The monoisotopic (exact) mass is 767 g/mol. The predicted octanol–water partition coefficient (Wildman–Crippen LogP) is 15.9. The highest BCUT2D eigenvalue weighted by Gasteiger charge is 2.35. The molecule has 3 nitrogen and oxygen atoms in total. The van der Waals surface area contributed by atoms with Crippen LogP contribution in [0.2, 0.25) is 0 Å². The lowest BCUT2D eigenvalue weighted by molar-refractivity contribution is 0.660. The second-order valence-electron chi connectivity index (χ2n) is 16.9. The van der Waals surface area contributed by atoms with Crippen molar-refractivity contribution in [2.24, 2.45) is 0 Å². The first-order valence-electron chi connectivity index (χ1n) is 20.7. The van der Waals surface area contributed by atoms with Crippen LogP contribution in [0.5, 0.6) is 0 Å². The Labute approximate surface area is 346 Å². The molecule has 0 saturated carbocycles. The lowest BCUT2D eigenvalue weighted by Crippen LogP contribution is -2.14. The van der Waals surface area contributed by atoms with Gasteiger partial charge in [-0.25, -0.2) is 0 Å². The number of benzene rings is 9. The Bertz CT molecular complexity index is 3740. The predicted molar refractivity (Wildman–Crippen MR) is 249 cm³/mol. The molecule has 0 N–H and O–H groups in total. The van der Waals surface area contributed by atoms with Gasteiger partial charge in [0.1, 0.15) is 22.3 Å². The Morgan fingerprint density at radius 1 is 0.350 bits per heavy atom. The van der Waals surface area contributed by atoms with Gasteiger partial charge in [0, 0.05) is 43.4 Å². The summed E-state index contributed by atoms with van der Waals surface area (Å²) in [6.45, 7) is 4.68. The Hall–Kier alpha value is -7.62. The van der Waals surface area contributed by atoms with Gasteiger partial charge in [0.15, 0.2) is 0 Å². The van der Waals surface area contributed by atoms with Gasteiger partial charge >= 0.3 is 0 Å². The van der Waals surface area contributed by atoms with Gasteiger partial charge in [-0.05, 0) is 128 Å². The van der Waals surface area contributed by atoms with Crippen LogP contribution in [0.3, 0.4) is 0 Å². The Morgan fingerprint density at radius 3 is 1.63 bits per heavy atom. The number of hydrogen-bond acceptors (Lipinski definition) is 2. The van der Waals surface area contributed by atoms with E-state index >= 15 is 0 Å². The molecule has 3 heterocycles. The van der Waals surface area contributed by atoms with Crippen LogP contribution in [0.25, 0.3) is 116 Å². The largest absolute Gasteiger partial charge is 0.456 e. The van der Waals surface area contributed by atoms with E-state index in [2.05, 4.69) is 182 Å². The van der Waals surface area contributed by atoms with E-state index < -0.39 is 0 Å². The van der Waals surface area contributed by atoms with Gasteiger partial charge in [-0.3, -0.25) is 0 Å². The first-order valence-corrected chi connectivity index (χ1v) is 20.7. The first kappa shape index (κ1) is 33.4. The van der Waals surface area contributed by atoms with Crippen molar-refractivity contribution >= 4 is 65.7 Å². The van der Waals surface area contributed by atoms with Crippen molar-refractivity contribution in [3.8, 4) is 50.2 Å². The number of hydrogen-bond donors (Lipinski definition) is 0. The van der Waals surface area contributed by atoms with E-state index in [0.29, 0.717) is 0 Å². The maximum Gasteiger partial charge on any atom is 0.136 e. The molecule has 0 radical (unpaired) electrons. The Morgan fingerprint density at radius 2 is 0.867 bits per heavy atom. The van der Waals surface area contributed by atoms with Crippen molar-refractivity contribution in [1.29, 1.82) is 0 Å². The fourth-order valence-corrected chi connectivity index (χ4v) is 10.3. The van der Waals surface area contributed by atoms with Crippen LogP contribution in [0, 0.1) is 0 Å². The van der Waals surface area contributed by atoms with Gasteiger partial charge in [-0.1, -0.05) is 129 Å². The topological polar surface area (TPSA) is 31.2 Å². The smallest absolute Gasteiger partial charge is 0.136 e. The number of nitrogens with zero attached hydrogens (tertiary/aromatic N) is 1. The molecule has 1 aliphatic carbocycles. The zero-order chi connectivity index (χ0) is 39.7. The van der Waals surface area contributed by atoms with Crippen molar-refractivity contribution in [3.63, 3.8) is 0 Å². The average molecular weight is 768 g/mol. The number of rotatable bonds is 4. The van der Waals surface area contributed by atoms with E-state index in [9.17, 15) is 0 Å². The van der Waals surface area contributed by atoms with Gasteiger partial charge < -0.3 is 13.4 Å². The third-order valence-electron chi connectivity index (χ3n) is 13.2. The molecule has 3 heteroatoms.